The molecule has 2 aromatic carbocycles. The minimum absolute atomic E-state index is 0.0687. The number of carbonyl (C=O) groups excluding carboxylic acids is 1. The van der Waals surface area contributed by atoms with Crippen molar-refractivity contribution in [2.75, 3.05) is 5.32 Å². The third-order valence-electron chi connectivity index (χ3n) is 4.16. The van der Waals surface area contributed by atoms with Crippen LogP contribution >= 0.6 is 0 Å². The minimum atomic E-state index is 0.0687. The van der Waals surface area contributed by atoms with Gasteiger partial charge in [0.05, 0.1) is 11.0 Å². The maximum atomic E-state index is 11.9. The lowest BCUT2D eigenvalue weighted by Crippen LogP contribution is -2.12. The van der Waals surface area contributed by atoms with Crippen molar-refractivity contribution in [3.63, 3.8) is 0 Å². The van der Waals surface area contributed by atoms with E-state index in [4.69, 9.17) is 4.98 Å². The topological polar surface area (TPSA) is 46.9 Å². The molecule has 1 amide bonds. The Morgan fingerprint density at radius 1 is 1.12 bits per heavy atom. The van der Waals surface area contributed by atoms with Crippen LogP contribution in [0.1, 0.15) is 26.7 Å². The Bertz CT molecular complexity index is 847. The molecule has 4 heteroatoms. The summed E-state index contributed by atoms with van der Waals surface area (Å²) < 4.78 is 2.09. The van der Waals surface area contributed by atoms with Crippen LogP contribution in [0.15, 0.2) is 48.5 Å². The van der Waals surface area contributed by atoms with Crippen molar-refractivity contribution < 1.29 is 4.79 Å². The first-order valence-corrected chi connectivity index (χ1v) is 8.36. The number of nitrogens with zero attached hydrogens (tertiary/aromatic N) is 2. The van der Waals surface area contributed by atoms with Crippen LogP contribution in [0.2, 0.25) is 0 Å². The number of carbonyl (C=O) groups is 1. The summed E-state index contributed by atoms with van der Waals surface area (Å²) in [6.07, 6.45) is 1.47. The monoisotopic (exact) mass is 321 g/mol. The highest BCUT2D eigenvalue weighted by atomic mass is 16.1. The van der Waals surface area contributed by atoms with Gasteiger partial charge in [0.25, 0.3) is 0 Å². The fourth-order valence-corrected chi connectivity index (χ4v) is 2.75. The molecule has 0 fully saturated rings. The number of aromatic nitrogens is 2. The summed E-state index contributed by atoms with van der Waals surface area (Å²) in [4.78, 5) is 16.6. The largest absolute Gasteiger partial charge is 0.327 e. The highest BCUT2D eigenvalue weighted by molar-refractivity contribution is 5.91. The Hall–Kier alpha value is -2.62. The second kappa shape index (κ2) is 6.87. The zero-order valence-electron chi connectivity index (χ0n) is 14.4. The van der Waals surface area contributed by atoms with Crippen LogP contribution in [0.25, 0.3) is 22.4 Å². The molecule has 1 N–H and O–H groups in total. The van der Waals surface area contributed by atoms with Crippen LogP contribution < -0.4 is 5.32 Å². The lowest BCUT2D eigenvalue weighted by Gasteiger charge is -2.08. The van der Waals surface area contributed by atoms with Crippen molar-refractivity contribution in [2.24, 2.45) is 13.0 Å². The molecule has 0 bridgehead atoms. The van der Waals surface area contributed by atoms with Gasteiger partial charge in [0.15, 0.2) is 0 Å². The van der Waals surface area contributed by atoms with E-state index < -0.39 is 0 Å². The van der Waals surface area contributed by atoms with Gasteiger partial charge in [0.2, 0.25) is 5.91 Å². The van der Waals surface area contributed by atoms with Crippen LogP contribution in [0.4, 0.5) is 5.69 Å². The molecule has 24 heavy (non-hydrogen) atoms. The molecule has 3 aromatic rings. The van der Waals surface area contributed by atoms with E-state index in [9.17, 15) is 4.79 Å². The smallest absolute Gasteiger partial charge is 0.224 e. The van der Waals surface area contributed by atoms with Gasteiger partial charge in [-0.05, 0) is 48.7 Å². The Morgan fingerprint density at radius 2 is 1.83 bits per heavy atom. The quantitative estimate of drug-likeness (QED) is 0.745. The summed E-state index contributed by atoms with van der Waals surface area (Å²) in [5.74, 6) is 1.53. The van der Waals surface area contributed by atoms with Crippen molar-refractivity contribution in [1.29, 1.82) is 0 Å². The van der Waals surface area contributed by atoms with Gasteiger partial charge in [-0.3, -0.25) is 4.79 Å². The fourth-order valence-electron chi connectivity index (χ4n) is 2.75. The lowest BCUT2D eigenvalue weighted by atomic mass is 10.1. The number of rotatable bonds is 5. The van der Waals surface area contributed by atoms with Crippen LogP contribution in [-0.2, 0) is 11.8 Å². The number of imidazole rings is 1. The second-order valence-corrected chi connectivity index (χ2v) is 6.54. The van der Waals surface area contributed by atoms with Crippen LogP contribution in [-0.4, -0.2) is 15.5 Å². The zero-order chi connectivity index (χ0) is 17.1. The molecule has 0 radical (unpaired) electrons. The molecule has 1 aromatic heterocycles. The minimum Gasteiger partial charge on any atom is -0.327 e. The molecular weight excluding hydrogens is 298 g/mol. The summed E-state index contributed by atoms with van der Waals surface area (Å²) in [6, 6.07) is 16.0. The number of hydrogen-bond acceptors (Lipinski definition) is 2. The van der Waals surface area contributed by atoms with Crippen molar-refractivity contribution in [3.8, 4) is 11.4 Å². The first-order valence-electron chi connectivity index (χ1n) is 8.36. The van der Waals surface area contributed by atoms with E-state index in [0.29, 0.717) is 12.3 Å². The normalized spacial score (nSPS) is 11.2. The number of hydrogen-bond donors (Lipinski definition) is 1. The molecule has 1 heterocycles. The summed E-state index contributed by atoms with van der Waals surface area (Å²) in [6.45, 7) is 4.25. The number of aryl methyl sites for hydroxylation is 1. The van der Waals surface area contributed by atoms with Gasteiger partial charge < -0.3 is 9.88 Å². The number of fused-ring (bicyclic) bond motifs is 1. The molecule has 124 valence electrons. The van der Waals surface area contributed by atoms with E-state index in [1.165, 1.54) is 0 Å². The SMILES string of the molecule is CC(C)CCC(=O)Nc1ccc(-c2nc3ccccc3n2C)cc1. The van der Waals surface area contributed by atoms with E-state index in [0.717, 1.165) is 34.5 Å². The van der Waals surface area contributed by atoms with E-state index in [1.807, 2.05) is 49.5 Å². The lowest BCUT2D eigenvalue weighted by molar-refractivity contribution is -0.116. The van der Waals surface area contributed by atoms with Crippen molar-refractivity contribution >= 4 is 22.6 Å². The predicted molar refractivity (Wildman–Crippen MR) is 98.9 cm³/mol. The van der Waals surface area contributed by atoms with Crippen LogP contribution in [0, 0.1) is 5.92 Å². The van der Waals surface area contributed by atoms with Gasteiger partial charge in [0.1, 0.15) is 5.82 Å². The van der Waals surface area contributed by atoms with Gasteiger partial charge in [0, 0.05) is 24.7 Å². The summed E-state index contributed by atoms with van der Waals surface area (Å²) >= 11 is 0. The van der Waals surface area contributed by atoms with Crippen molar-refractivity contribution in [3.05, 3.63) is 48.5 Å². The van der Waals surface area contributed by atoms with Gasteiger partial charge in [-0.2, -0.15) is 0 Å². The number of para-hydroxylation sites is 2. The van der Waals surface area contributed by atoms with E-state index in [2.05, 4.69) is 29.8 Å². The fraction of sp³-hybridized carbons (Fsp3) is 0.300. The molecule has 0 saturated heterocycles. The second-order valence-electron chi connectivity index (χ2n) is 6.54. The molecule has 0 unspecified atom stereocenters. The number of anilines is 1. The van der Waals surface area contributed by atoms with Crippen molar-refractivity contribution in [1.82, 2.24) is 9.55 Å². The summed E-state index contributed by atoms with van der Waals surface area (Å²) in [5, 5.41) is 2.95. The average molecular weight is 321 g/mol. The molecule has 4 nitrogen and oxygen atoms in total. The molecule has 3 rings (SSSR count). The highest BCUT2D eigenvalue weighted by Gasteiger charge is 2.10. The van der Waals surface area contributed by atoms with Gasteiger partial charge in [-0.25, -0.2) is 4.98 Å². The Morgan fingerprint density at radius 3 is 2.50 bits per heavy atom. The van der Waals surface area contributed by atoms with E-state index in [-0.39, 0.29) is 5.91 Å². The Kier molecular flexibility index (Phi) is 4.65. The van der Waals surface area contributed by atoms with E-state index in [1.54, 1.807) is 0 Å². The van der Waals surface area contributed by atoms with E-state index >= 15 is 0 Å². The summed E-state index contributed by atoms with van der Waals surface area (Å²) in [5.41, 5.74) is 3.96. The maximum absolute atomic E-state index is 11.9. The standard InChI is InChI=1S/C20H23N3O/c1-14(2)8-13-19(24)21-16-11-9-15(10-12-16)20-22-17-6-4-5-7-18(17)23(20)3/h4-7,9-12,14H,8,13H2,1-3H3,(H,21,24). The number of amides is 1. The van der Waals surface area contributed by atoms with Crippen molar-refractivity contribution in [2.45, 2.75) is 26.7 Å². The maximum Gasteiger partial charge on any atom is 0.224 e. The molecule has 0 atom stereocenters. The molecular formula is C20H23N3O. The van der Waals surface area contributed by atoms with Gasteiger partial charge >= 0.3 is 0 Å². The zero-order valence-corrected chi connectivity index (χ0v) is 14.4. The average Bonchev–Trinajstić information content (AvgIpc) is 2.91. The molecule has 0 aliphatic rings. The highest BCUT2D eigenvalue weighted by Crippen LogP contribution is 2.24. The van der Waals surface area contributed by atoms with Gasteiger partial charge in [-0.15, -0.1) is 0 Å². The number of nitrogens with one attached hydrogen (secondary N) is 1. The first kappa shape index (κ1) is 16.2. The molecule has 0 aliphatic heterocycles. The Labute approximate surface area is 142 Å². The van der Waals surface area contributed by atoms with Gasteiger partial charge in [-0.1, -0.05) is 26.0 Å². The molecule has 0 aliphatic carbocycles. The van der Waals surface area contributed by atoms with Crippen LogP contribution in [0.5, 0.6) is 0 Å². The molecule has 0 saturated carbocycles. The Balaban J connectivity index is 1.76. The summed E-state index contributed by atoms with van der Waals surface area (Å²) in [7, 11) is 2.02. The predicted octanol–water partition coefficient (Wildman–Crippen LogP) is 4.62. The third kappa shape index (κ3) is 3.48. The van der Waals surface area contributed by atoms with Crippen LogP contribution in [0.3, 0.4) is 0 Å². The molecule has 0 spiro atoms. The third-order valence-corrected chi connectivity index (χ3v) is 4.16. The number of benzene rings is 2. The first-order chi connectivity index (χ1) is 11.5.